The summed E-state index contributed by atoms with van der Waals surface area (Å²) >= 11 is 1.53. The van der Waals surface area contributed by atoms with Crippen LogP contribution in [0.25, 0.3) is 4.85 Å². The molecule has 0 aromatic carbocycles. The molecule has 2 aliphatic rings. The first kappa shape index (κ1) is 20.7. The van der Waals surface area contributed by atoms with Gasteiger partial charge in [0.15, 0.2) is 5.16 Å². The number of thioether (sulfide) groups is 1. The van der Waals surface area contributed by atoms with Crippen molar-refractivity contribution >= 4 is 23.7 Å². The van der Waals surface area contributed by atoms with Crippen molar-refractivity contribution in [2.45, 2.75) is 50.5 Å². The number of carbonyl (C=O) groups excluding carboxylic acids is 1. The van der Waals surface area contributed by atoms with Gasteiger partial charge in [0.05, 0.1) is 5.69 Å². The second-order valence-corrected chi connectivity index (χ2v) is 8.77. The molecule has 1 saturated heterocycles. The Bertz CT molecular complexity index is 773. The zero-order chi connectivity index (χ0) is 20.3. The van der Waals surface area contributed by atoms with Gasteiger partial charge in [-0.15, -0.1) is 0 Å². The van der Waals surface area contributed by atoms with Crippen LogP contribution in [0.1, 0.15) is 32.0 Å². The van der Waals surface area contributed by atoms with Crippen molar-refractivity contribution in [3.8, 4) is 0 Å². The van der Waals surface area contributed by atoms with E-state index in [0.717, 1.165) is 36.2 Å². The minimum absolute atomic E-state index is 0.217. The maximum absolute atomic E-state index is 12.6. The molecule has 2 aliphatic heterocycles. The van der Waals surface area contributed by atoms with Crippen molar-refractivity contribution < 1.29 is 9.53 Å². The Balaban J connectivity index is 1.84. The number of hydrogen-bond acceptors (Lipinski definition) is 7. The number of amides is 1. The predicted octanol–water partition coefficient (Wildman–Crippen LogP) is 2.19. The van der Waals surface area contributed by atoms with Crippen LogP contribution >= 0.6 is 11.8 Å². The third-order valence-electron chi connectivity index (χ3n) is 4.79. The van der Waals surface area contributed by atoms with Crippen LogP contribution in [0.5, 0.6) is 0 Å². The molecule has 0 saturated carbocycles. The van der Waals surface area contributed by atoms with Gasteiger partial charge in [0.2, 0.25) is 6.54 Å². The molecule has 3 rings (SSSR count). The van der Waals surface area contributed by atoms with Crippen molar-refractivity contribution in [1.82, 2.24) is 20.2 Å². The Hall–Kier alpha value is -2.05. The Kier molecular flexibility index (Phi) is 6.30. The molecule has 1 N–H and O–H groups in total. The third kappa shape index (κ3) is 4.67. The summed E-state index contributed by atoms with van der Waals surface area (Å²) in [7, 11) is 0. The summed E-state index contributed by atoms with van der Waals surface area (Å²) in [6, 6.07) is -0.217. The Labute approximate surface area is 170 Å². The summed E-state index contributed by atoms with van der Waals surface area (Å²) in [5.41, 5.74) is 1.68. The molecule has 3 heterocycles. The fourth-order valence-corrected chi connectivity index (χ4v) is 3.92. The van der Waals surface area contributed by atoms with Crippen LogP contribution in [0.15, 0.2) is 5.16 Å². The summed E-state index contributed by atoms with van der Waals surface area (Å²) in [4.78, 5) is 29.5. The summed E-state index contributed by atoms with van der Waals surface area (Å²) < 4.78 is 5.55. The van der Waals surface area contributed by atoms with E-state index in [2.05, 4.69) is 20.0 Å². The van der Waals surface area contributed by atoms with Gasteiger partial charge in [-0.25, -0.2) is 21.3 Å². The van der Waals surface area contributed by atoms with Crippen LogP contribution in [-0.2, 0) is 17.7 Å². The summed E-state index contributed by atoms with van der Waals surface area (Å²) in [6.45, 7) is 16.6. The van der Waals surface area contributed by atoms with E-state index in [1.165, 1.54) is 17.3 Å². The van der Waals surface area contributed by atoms with E-state index in [9.17, 15) is 4.79 Å². The SMILES string of the molecule is [C-]#[N+]CC1CN(c2nc(SC)nc3c2CCNC3)CCN1C(=O)OC(C)(C)C. The van der Waals surface area contributed by atoms with Crippen molar-refractivity contribution in [1.29, 1.82) is 0 Å². The van der Waals surface area contributed by atoms with Gasteiger partial charge in [0.1, 0.15) is 17.5 Å². The maximum atomic E-state index is 12.6. The first-order valence-electron chi connectivity index (χ1n) is 9.54. The van der Waals surface area contributed by atoms with E-state index in [1.807, 2.05) is 27.0 Å². The molecular formula is C19H28N6O2S. The number of carbonyl (C=O) groups is 1. The highest BCUT2D eigenvalue weighted by Gasteiger charge is 2.36. The highest BCUT2D eigenvalue weighted by Crippen LogP contribution is 2.28. The molecule has 0 bridgehead atoms. The number of anilines is 1. The van der Waals surface area contributed by atoms with Crippen molar-refractivity contribution in [2.75, 3.05) is 43.9 Å². The molecule has 0 spiro atoms. The lowest BCUT2D eigenvalue weighted by atomic mass is 10.1. The van der Waals surface area contributed by atoms with Crippen LogP contribution < -0.4 is 10.2 Å². The number of ether oxygens (including phenoxy) is 1. The Morgan fingerprint density at radius 1 is 1.39 bits per heavy atom. The second kappa shape index (κ2) is 8.53. The predicted molar refractivity (Wildman–Crippen MR) is 110 cm³/mol. The smallest absolute Gasteiger partial charge is 0.410 e. The van der Waals surface area contributed by atoms with Gasteiger partial charge in [0, 0.05) is 31.7 Å². The van der Waals surface area contributed by atoms with Crippen molar-refractivity contribution in [2.24, 2.45) is 0 Å². The molecule has 152 valence electrons. The molecule has 1 aromatic heterocycles. The first-order valence-corrected chi connectivity index (χ1v) is 10.8. The lowest BCUT2D eigenvalue weighted by Crippen LogP contribution is -2.57. The number of hydrogen-bond donors (Lipinski definition) is 1. The molecule has 1 fully saturated rings. The van der Waals surface area contributed by atoms with E-state index < -0.39 is 5.60 Å². The molecule has 0 aliphatic carbocycles. The molecule has 9 heteroatoms. The lowest BCUT2D eigenvalue weighted by Gasteiger charge is -2.41. The number of aromatic nitrogens is 2. The van der Waals surface area contributed by atoms with Gasteiger partial charge >= 0.3 is 6.09 Å². The average Bonchev–Trinajstić information content (AvgIpc) is 2.66. The molecule has 8 nitrogen and oxygen atoms in total. The minimum atomic E-state index is -0.553. The van der Waals surface area contributed by atoms with Crippen LogP contribution in [0.4, 0.5) is 10.6 Å². The normalized spacial score (nSPS) is 19.8. The van der Waals surface area contributed by atoms with Crippen LogP contribution in [0.3, 0.4) is 0 Å². The highest BCUT2D eigenvalue weighted by molar-refractivity contribution is 7.98. The molecular weight excluding hydrogens is 376 g/mol. The van der Waals surface area contributed by atoms with Gasteiger partial charge in [-0.1, -0.05) is 11.8 Å². The van der Waals surface area contributed by atoms with E-state index in [1.54, 1.807) is 4.90 Å². The standard InChI is InChI=1S/C19H28N6O2S/c1-19(2,3)27-18(26)25-9-8-24(12-13(25)10-20-4)16-14-6-7-21-11-15(14)22-17(23-16)28-5/h13,21H,6-12H2,1-3,5H3. The lowest BCUT2D eigenvalue weighted by molar-refractivity contribution is 0.0155. The monoisotopic (exact) mass is 404 g/mol. The van der Waals surface area contributed by atoms with E-state index in [4.69, 9.17) is 16.3 Å². The number of piperazine rings is 1. The van der Waals surface area contributed by atoms with E-state index >= 15 is 0 Å². The molecule has 1 atom stereocenters. The molecule has 1 unspecified atom stereocenters. The molecule has 28 heavy (non-hydrogen) atoms. The van der Waals surface area contributed by atoms with Crippen LogP contribution in [0.2, 0.25) is 0 Å². The summed E-state index contributed by atoms with van der Waals surface area (Å²) in [5.74, 6) is 0.953. The zero-order valence-corrected chi connectivity index (χ0v) is 17.8. The number of nitrogens with one attached hydrogen (secondary N) is 1. The van der Waals surface area contributed by atoms with Crippen LogP contribution in [0, 0.1) is 6.57 Å². The highest BCUT2D eigenvalue weighted by atomic mass is 32.2. The number of nitrogens with zero attached hydrogens (tertiary/aromatic N) is 5. The van der Waals surface area contributed by atoms with Gasteiger partial charge in [-0.05, 0) is 40.0 Å². The first-order chi connectivity index (χ1) is 13.3. The average molecular weight is 405 g/mol. The van der Waals surface area contributed by atoms with E-state index in [0.29, 0.717) is 19.6 Å². The van der Waals surface area contributed by atoms with Gasteiger partial charge in [-0.3, -0.25) is 4.90 Å². The third-order valence-corrected chi connectivity index (χ3v) is 5.34. The minimum Gasteiger partial charge on any atom is -0.444 e. The van der Waals surface area contributed by atoms with Crippen LogP contribution in [-0.4, -0.2) is 71.6 Å². The summed E-state index contributed by atoms with van der Waals surface area (Å²) in [6.07, 6.45) is 2.52. The molecule has 0 radical (unpaired) electrons. The topological polar surface area (TPSA) is 75.0 Å². The zero-order valence-electron chi connectivity index (χ0n) is 17.0. The number of rotatable bonds is 3. The number of fused-ring (bicyclic) bond motifs is 1. The maximum Gasteiger partial charge on any atom is 0.410 e. The Morgan fingerprint density at radius 3 is 2.86 bits per heavy atom. The Morgan fingerprint density at radius 2 is 2.18 bits per heavy atom. The van der Waals surface area contributed by atoms with Gasteiger partial charge in [-0.2, -0.15) is 0 Å². The van der Waals surface area contributed by atoms with Gasteiger partial charge < -0.3 is 19.8 Å². The quantitative estimate of drug-likeness (QED) is 0.470. The molecule has 1 amide bonds. The van der Waals surface area contributed by atoms with Gasteiger partial charge in [0.25, 0.3) is 0 Å². The molecule has 1 aromatic rings. The van der Waals surface area contributed by atoms with Crippen molar-refractivity contribution in [3.63, 3.8) is 0 Å². The van der Waals surface area contributed by atoms with E-state index in [-0.39, 0.29) is 18.7 Å². The largest absolute Gasteiger partial charge is 0.444 e. The second-order valence-electron chi connectivity index (χ2n) is 8.00. The fourth-order valence-electron chi connectivity index (χ4n) is 3.54. The fraction of sp³-hybridized carbons (Fsp3) is 0.684. The van der Waals surface area contributed by atoms with Crippen molar-refractivity contribution in [3.05, 3.63) is 22.7 Å². The summed E-state index contributed by atoms with van der Waals surface area (Å²) in [5, 5.41) is 4.13.